The summed E-state index contributed by atoms with van der Waals surface area (Å²) in [4.78, 5) is 25.2. The van der Waals surface area contributed by atoms with Crippen LogP contribution in [0.2, 0.25) is 0 Å². The van der Waals surface area contributed by atoms with Crippen molar-refractivity contribution in [2.24, 2.45) is 0 Å². The van der Waals surface area contributed by atoms with Crippen LogP contribution in [-0.4, -0.2) is 28.0 Å². The lowest BCUT2D eigenvalue weighted by molar-refractivity contribution is 0.0946. The molecule has 0 saturated carbocycles. The van der Waals surface area contributed by atoms with E-state index in [1.807, 2.05) is 44.2 Å². The number of nitrogens with one attached hydrogen (secondary N) is 2. The van der Waals surface area contributed by atoms with Gasteiger partial charge >= 0.3 is 0 Å². The minimum Gasteiger partial charge on any atom is -0.496 e. The quantitative estimate of drug-likeness (QED) is 0.693. The summed E-state index contributed by atoms with van der Waals surface area (Å²) in [7, 11) is 1.61. The Hall–Kier alpha value is -3.00. The van der Waals surface area contributed by atoms with Gasteiger partial charge in [-0.05, 0) is 26.0 Å². The molecule has 0 bridgehead atoms. The van der Waals surface area contributed by atoms with Crippen LogP contribution >= 0.6 is 11.3 Å². The Morgan fingerprint density at radius 1 is 1.15 bits per heavy atom. The van der Waals surface area contributed by atoms with Gasteiger partial charge in [0.15, 0.2) is 5.13 Å². The van der Waals surface area contributed by atoms with Gasteiger partial charge in [-0.15, -0.1) is 11.3 Å². The molecular formula is C18H19N5O2S. The lowest BCUT2D eigenvalue weighted by atomic mass is 10.2. The molecule has 26 heavy (non-hydrogen) atoms. The first-order valence-corrected chi connectivity index (χ1v) is 8.88. The van der Waals surface area contributed by atoms with Crippen LogP contribution in [0.15, 0.2) is 35.7 Å². The van der Waals surface area contributed by atoms with Crippen LogP contribution in [0, 0.1) is 13.8 Å². The lowest BCUT2D eigenvalue weighted by Gasteiger charge is -2.08. The van der Waals surface area contributed by atoms with Gasteiger partial charge in [0.25, 0.3) is 5.91 Å². The molecule has 0 atom stereocenters. The van der Waals surface area contributed by atoms with E-state index >= 15 is 0 Å². The van der Waals surface area contributed by atoms with Gasteiger partial charge in [0.2, 0.25) is 5.95 Å². The number of benzene rings is 1. The minimum atomic E-state index is -0.249. The van der Waals surface area contributed by atoms with Gasteiger partial charge in [-0.1, -0.05) is 18.2 Å². The standard InChI is InChI=1S/C18H19N5O2S/c1-11-8-12(2)21-17(20-11)23-18-22-14(10-26-18)16(24)19-9-13-6-4-5-7-15(13)25-3/h4-8,10H,9H2,1-3H3,(H,19,24)(H,20,21,22,23). The van der Waals surface area contributed by atoms with E-state index in [2.05, 4.69) is 25.6 Å². The number of hydrogen-bond acceptors (Lipinski definition) is 7. The molecule has 0 saturated heterocycles. The number of hydrogen-bond donors (Lipinski definition) is 2. The van der Waals surface area contributed by atoms with Crippen LogP contribution in [0.25, 0.3) is 0 Å². The zero-order chi connectivity index (χ0) is 18.5. The maximum absolute atomic E-state index is 12.3. The van der Waals surface area contributed by atoms with E-state index in [-0.39, 0.29) is 5.91 Å². The fourth-order valence-corrected chi connectivity index (χ4v) is 3.11. The van der Waals surface area contributed by atoms with Gasteiger partial charge in [-0.3, -0.25) is 4.79 Å². The third-order valence-electron chi connectivity index (χ3n) is 3.57. The van der Waals surface area contributed by atoms with E-state index in [4.69, 9.17) is 4.74 Å². The number of carbonyl (C=O) groups excluding carboxylic acids is 1. The Balaban J connectivity index is 1.64. The molecule has 0 aliphatic rings. The number of carbonyl (C=O) groups is 1. The zero-order valence-electron chi connectivity index (χ0n) is 14.7. The normalized spacial score (nSPS) is 10.4. The molecule has 0 fully saturated rings. The Labute approximate surface area is 155 Å². The number of thiazole rings is 1. The van der Waals surface area contributed by atoms with Crippen LogP contribution < -0.4 is 15.4 Å². The maximum Gasteiger partial charge on any atom is 0.271 e. The number of methoxy groups -OCH3 is 1. The Morgan fingerprint density at radius 3 is 2.62 bits per heavy atom. The molecule has 2 heterocycles. The highest BCUT2D eigenvalue weighted by Crippen LogP contribution is 2.20. The number of rotatable bonds is 6. The first-order valence-electron chi connectivity index (χ1n) is 8.00. The SMILES string of the molecule is COc1ccccc1CNC(=O)c1csc(Nc2nc(C)cc(C)n2)n1. The van der Waals surface area contributed by atoms with Crippen LogP contribution in [0.5, 0.6) is 5.75 Å². The third kappa shape index (κ3) is 4.34. The second-order valence-corrected chi connectivity index (χ2v) is 6.49. The van der Waals surface area contributed by atoms with Crippen LogP contribution in [-0.2, 0) is 6.54 Å². The predicted octanol–water partition coefficient (Wildman–Crippen LogP) is 3.23. The average Bonchev–Trinajstić information content (AvgIpc) is 3.07. The Bertz CT molecular complexity index is 905. The van der Waals surface area contributed by atoms with E-state index in [9.17, 15) is 4.79 Å². The number of anilines is 2. The highest BCUT2D eigenvalue weighted by atomic mass is 32.1. The summed E-state index contributed by atoms with van der Waals surface area (Å²) in [5.74, 6) is 0.958. The Morgan fingerprint density at radius 2 is 1.88 bits per heavy atom. The highest BCUT2D eigenvalue weighted by Gasteiger charge is 2.12. The van der Waals surface area contributed by atoms with Gasteiger partial charge in [0.05, 0.1) is 7.11 Å². The molecule has 2 aromatic heterocycles. The van der Waals surface area contributed by atoms with Gasteiger partial charge in [-0.25, -0.2) is 15.0 Å². The van der Waals surface area contributed by atoms with Gasteiger partial charge in [0.1, 0.15) is 11.4 Å². The zero-order valence-corrected chi connectivity index (χ0v) is 15.6. The van der Waals surface area contributed by atoms with Crippen LogP contribution in [0.4, 0.5) is 11.1 Å². The highest BCUT2D eigenvalue weighted by molar-refractivity contribution is 7.14. The predicted molar refractivity (Wildman–Crippen MR) is 101 cm³/mol. The largest absolute Gasteiger partial charge is 0.496 e. The van der Waals surface area contributed by atoms with Crippen molar-refractivity contribution in [1.82, 2.24) is 20.3 Å². The van der Waals surface area contributed by atoms with Crippen molar-refractivity contribution in [2.75, 3.05) is 12.4 Å². The molecule has 0 unspecified atom stereocenters. The lowest BCUT2D eigenvalue weighted by Crippen LogP contribution is -2.23. The van der Waals surface area contributed by atoms with Crippen molar-refractivity contribution < 1.29 is 9.53 Å². The second kappa shape index (κ2) is 7.92. The summed E-state index contributed by atoms with van der Waals surface area (Å²) >= 11 is 1.33. The van der Waals surface area contributed by atoms with E-state index in [0.29, 0.717) is 23.3 Å². The summed E-state index contributed by atoms with van der Waals surface area (Å²) in [6.45, 7) is 4.17. The number of nitrogens with zero attached hydrogens (tertiary/aromatic N) is 3. The number of para-hydroxylation sites is 1. The summed E-state index contributed by atoms with van der Waals surface area (Å²) in [6.07, 6.45) is 0. The first-order chi connectivity index (χ1) is 12.5. The van der Waals surface area contributed by atoms with Crippen LogP contribution in [0.3, 0.4) is 0 Å². The monoisotopic (exact) mass is 369 g/mol. The molecule has 0 radical (unpaired) electrons. The molecule has 1 amide bonds. The van der Waals surface area contributed by atoms with Gasteiger partial charge in [-0.2, -0.15) is 0 Å². The van der Waals surface area contributed by atoms with E-state index < -0.39 is 0 Å². The molecule has 3 rings (SSSR count). The van der Waals surface area contributed by atoms with E-state index in [1.165, 1.54) is 11.3 Å². The van der Waals surface area contributed by atoms with Crippen LogP contribution in [0.1, 0.15) is 27.4 Å². The van der Waals surface area contributed by atoms with Crippen molar-refractivity contribution in [3.05, 3.63) is 58.4 Å². The van der Waals surface area contributed by atoms with Gasteiger partial charge < -0.3 is 15.4 Å². The molecular weight excluding hydrogens is 350 g/mol. The minimum absolute atomic E-state index is 0.249. The summed E-state index contributed by atoms with van der Waals surface area (Å²) in [5.41, 5.74) is 2.98. The number of ether oxygens (including phenoxy) is 1. The fourth-order valence-electron chi connectivity index (χ4n) is 2.43. The molecule has 0 aliphatic carbocycles. The Kier molecular flexibility index (Phi) is 5.43. The molecule has 0 aliphatic heterocycles. The number of aryl methyl sites for hydroxylation is 2. The molecule has 7 nitrogen and oxygen atoms in total. The summed E-state index contributed by atoms with van der Waals surface area (Å²) in [6, 6.07) is 9.45. The summed E-state index contributed by atoms with van der Waals surface area (Å²) < 4.78 is 5.28. The van der Waals surface area contributed by atoms with Crippen molar-refractivity contribution >= 4 is 28.3 Å². The maximum atomic E-state index is 12.3. The number of aromatic nitrogens is 3. The van der Waals surface area contributed by atoms with Crippen molar-refractivity contribution in [3.63, 3.8) is 0 Å². The topological polar surface area (TPSA) is 89.0 Å². The summed E-state index contributed by atoms with van der Waals surface area (Å²) in [5, 5.41) is 8.15. The smallest absolute Gasteiger partial charge is 0.271 e. The fraction of sp³-hybridized carbons (Fsp3) is 0.222. The second-order valence-electron chi connectivity index (χ2n) is 5.63. The van der Waals surface area contributed by atoms with Crippen molar-refractivity contribution in [3.8, 4) is 5.75 Å². The molecule has 0 spiro atoms. The molecule has 3 aromatic rings. The number of amides is 1. The molecule has 1 aromatic carbocycles. The first kappa shape index (κ1) is 17.8. The van der Waals surface area contributed by atoms with Crippen molar-refractivity contribution in [2.45, 2.75) is 20.4 Å². The van der Waals surface area contributed by atoms with E-state index in [1.54, 1.807) is 12.5 Å². The molecule has 8 heteroatoms. The van der Waals surface area contributed by atoms with E-state index in [0.717, 1.165) is 22.7 Å². The molecule has 2 N–H and O–H groups in total. The van der Waals surface area contributed by atoms with Gasteiger partial charge in [0, 0.05) is 28.9 Å². The third-order valence-corrected chi connectivity index (χ3v) is 4.33. The molecule has 134 valence electrons. The van der Waals surface area contributed by atoms with Crippen molar-refractivity contribution in [1.29, 1.82) is 0 Å². The average molecular weight is 369 g/mol.